The van der Waals surface area contributed by atoms with Gasteiger partial charge in [-0.1, -0.05) is 30.3 Å². The number of carbonyl (C=O) groups is 1. The Kier molecular flexibility index (Phi) is 3.18. The van der Waals surface area contributed by atoms with Crippen LogP contribution in [0.4, 0.5) is 0 Å². The maximum Gasteiger partial charge on any atom is 0.265 e. The Morgan fingerprint density at radius 1 is 1.15 bits per heavy atom. The molecule has 0 saturated heterocycles. The number of nitrogen functional groups attached to an aromatic ring is 1. The highest BCUT2D eigenvalue weighted by Gasteiger charge is 2.10. The number of hydrogen-bond acceptors (Lipinski definition) is 3. The van der Waals surface area contributed by atoms with Crippen molar-refractivity contribution in [2.24, 2.45) is 5.84 Å². The van der Waals surface area contributed by atoms with Crippen LogP contribution in [0.2, 0.25) is 0 Å². The minimum absolute atomic E-state index is 0.287. The smallest absolute Gasteiger partial charge is 0.265 e. The fourth-order valence-electron chi connectivity index (χ4n) is 2.28. The van der Waals surface area contributed by atoms with Crippen molar-refractivity contribution in [3.63, 3.8) is 0 Å². The van der Waals surface area contributed by atoms with Crippen molar-refractivity contribution in [3.8, 4) is 0 Å². The first-order chi connectivity index (χ1) is 9.79. The molecule has 1 aromatic heterocycles. The Bertz CT molecular complexity index is 763. The van der Waals surface area contributed by atoms with Crippen molar-refractivity contribution >= 4 is 16.9 Å². The van der Waals surface area contributed by atoms with E-state index in [1.165, 1.54) is 0 Å². The monoisotopic (exact) mass is 266 g/mol. The third kappa shape index (κ3) is 2.15. The van der Waals surface area contributed by atoms with Gasteiger partial charge in [0.2, 0.25) is 0 Å². The van der Waals surface area contributed by atoms with E-state index in [4.69, 9.17) is 5.84 Å². The maximum atomic E-state index is 11.8. The first kappa shape index (κ1) is 12.4. The molecule has 100 valence electrons. The number of nitrogens with two attached hydrogens (primary N) is 1. The minimum atomic E-state index is -0.287. The number of rotatable bonds is 3. The van der Waals surface area contributed by atoms with Gasteiger partial charge in [-0.2, -0.15) is 0 Å². The van der Waals surface area contributed by atoms with Crippen LogP contribution in [0.15, 0.2) is 54.9 Å². The van der Waals surface area contributed by atoms with Gasteiger partial charge in [-0.3, -0.25) is 10.2 Å². The number of nitrogens with one attached hydrogen (secondary N) is 1. The second-order valence-corrected chi connectivity index (χ2v) is 4.49. The van der Waals surface area contributed by atoms with Crippen LogP contribution in [-0.2, 0) is 6.54 Å². The highest BCUT2D eigenvalue weighted by atomic mass is 16.2. The standard InChI is InChI=1S/C15H14N4O/c16-18-15(20)12-6-2-1-5-11(12)9-19-10-17-13-7-3-4-8-14(13)19/h1-8,10H,9,16H2,(H,18,20). The Morgan fingerprint density at radius 2 is 1.90 bits per heavy atom. The maximum absolute atomic E-state index is 11.8. The van der Waals surface area contributed by atoms with Gasteiger partial charge in [0.05, 0.1) is 17.4 Å². The molecule has 5 heteroatoms. The number of amides is 1. The molecular formula is C15H14N4O. The SMILES string of the molecule is NNC(=O)c1ccccc1Cn1cnc2ccccc21. The van der Waals surface area contributed by atoms with Crippen LogP contribution in [0.5, 0.6) is 0 Å². The lowest BCUT2D eigenvalue weighted by Gasteiger charge is -2.09. The summed E-state index contributed by atoms with van der Waals surface area (Å²) in [5.74, 6) is 4.93. The molecule has 1 amide bonds. The zero-order valence-corrected chi connectivity index (χ0v) is 10.8. The number of para-hydroxylation sites is 2. The number of fused-ring (bicyclic) bond motifs is 1. The van der Waals surface area contributed by atoms with Gasteiger partial charge in [0.1, 0.15) is 0 Å². The Labute approximate surface area is 116 Å². The molecule has 3 rings (SSSR count). The summed E-state index contributed by atoms with van der Waals surface area (Å²) < 4.78 is 2.01. The van der Waals surface area contributed by atoms with Crippen LogP contribution in [0.1, 0.15) is 15.9 Å². The molecule has 5 nitrogen and oxygen atoms in total. The molecule has 3 N–H and O–H groups in total. The van der Waals surface area contributed by atoms with Crippen LogP contribution in [0.25, 0.3) is 11.0 Å². The van der Waals surface area contributed by atoms with Crippen LogP contribution in [0.3, 0.4) is 0 Å². The number of hydrogen-bond donors (Lipinski definition) is 2. The largest absolute Gasteiger partial charge is 0.326 e. The fourth-order valence-corrected chi connectivity index (χ4v) is 2.28. The molecule has 0 radical (unpaired) electrons. The number of nitrogens with zero attached hydrogens (tertiary/aromatic N) is 2. The Hall–Kier alpha value is -2.66. The number of carbonyl (C=O) groups excluding carboxylic acids is 1. The van der Waals surface area contributed by atoms with E-state index >= 15 is 0 Å². The summed E-state index contributed by atoms with van der Waals surface area (Å²) in [4.78, 5) is 16.1. The molecule has 0 unspecified atom stereocenters. The molecule has 0 bridgehead atoms. The third-order valence-electron chi connectivity index (χ3n) is 3.26. The average Bonchev–Trinajstić information content (AvgIpc) is 2.90. The molecule has 0 fully saturated rings. The lowest BCUT2D eigenvalue weighted by Crippen LogP contribution is -2.31. The summed E-state index contributed by atoms with van der Waals surface area (Å²) in [7, 11) is 0. The van der Waals surface area contributed by atoms with Crippen molar-refractivity contribution in [1.82, 2.24) is 15.0 Å². The van der Waals surface area contributed by atoms with Crippen LogP contribution in [0, 0.1) is 0 Å². The van der Waals surface area contributed by atoms with Crippen molar-refractivity contribution < 1.29 is 4.79 Å². The molecule has 2 aromatic carbocycles. The molecule has 0 aliphatic carbocycles. The number of benzene rings is 2. The van der Waals surface area contributed by atoms with Crippen molar-refractivity contribution in [2.75, 3.05) is 0 Å². The Morgan fingerprint density at radius 3 is 2.75 bits per heavy atom. The molecule has 20 heavy (non-hydrogen) atoms. The van der Waals surface area contributed by atoms with Gasteiger partial charge in [0, 0.05) is 12.1 Å². The lowest BCUT2D eigenvalue weighted by molar-refractivity contribution is 0.0952. The number of imidazole rings is 1. The van der Waals surface area contributed by atoms with E-state index in [1.807, 2.05) is 47.0 Å². The third-order valence-corrected chi connectivity index (χ3v) is 3.26. The molecule has 0 saturated carbocycles. The van der Waals surface area contributed by atoms with Gasteiger partial charge in [-0.05, 0) is 23.8 Å². The summed E-state index contributed by atoms with van der Waals surface area (Å²) in [5, 5.41) is 0. The second-order valence-electron chi connectivity index (χ2n) is 4.49. The van der Waals surface area contributed by atoms with Gasteiger partial charge < -0.3 is 4.57 Å². The quantitative estimate of drug-likeness (QED) is 0.430. The normalized spacial score (nSPS) is 10.7. The highest BCUT2D eigenvalue weighted by molar-refractivity contribution is 5.95. The van der Waals surface area contributed by atoms with Gasteiger partial charge in [-0.25, -0.2) is 10.8 Å². The van der Waals surface area contributed by atoms with Crippen molar-refractivity contribution in [3.05, 3.63) is 66.0 Å². The zero-order chi connectivity index (χ0) is 13.9. The van der Waals surface area contributed by atoms with Gasteiger partial charge in [0.25, 0.3) is 5.91 Å². The molecule has 3 aromatic rings. The van der Waals surface area contributed by atoms with Crippen molar-refractivity contribution in [1.29, 1.82) is 0 Å². The molecule has 0 atom stereocenters. The summed E-state index contributed by atoms with van der Waals surface area (Å²) >= 11 is 0. The van der Waals surface area contributed by atoms with E-state index < -0.39 is 0 Å². The van der Waals surface area contributed by atoms with Crippen LogP contribution in [-0.4, -0.2) is 15.5 Å². The molecular weight excluding hydrogens is 252 g/mol. The van der Waals surface area contributed by atoms with E-state index in [0.29, 0.717) is 12.1 Å². The van der Waals surface area contributed by atoms with E-state index in [-0.39, 0.29) is 5.91 Å². The molecule has 0 spiro atoms. The summed E-state index contributed by atoms with van der Waals surface area (Å²) in [6, 6.07) is 15.3. The van der Waals surface area contributed by atoms with Crippen molar-refractivity contribution in [2.45, 2.75) is 6.54 Å². The lowest BCUT2D eigenvalue weighted by atomic mass is 10.1. The molecule has 0 aliphatic heterocycles. The summed E-state index contributed by atoms with van der Waals surface area (Å²) in [6.45, 7) is 0.574. The number of aromatic nitrogens is 2. The predicted octanol–water partition coefficient (Wildman–Crippen LogP) is 1.69. The number of hydrazine groups is 1. The Balaban J connectivity index is 2.01. The van der Waals surface area contributed by atoms with Gasteiger partial charge in [0.15, 0.2) is 0 Å². The van der Waals surface area contributed by atoms with Gasteiger partial charge in [-0.15, -0.1) is 0 Å². The molecule has 1 heterocycles. The van der Waals surface area contributed by atoms with E-state index in [0.717, 1.165) is 16.6 Å². The van der Waals surface area contributed by atoms with Gasteiger partial charge >= 0.3 is 0 Å². The fraction of sp³-hybridized carbons (Fsp3) is 0.0667. The first-order valence-corrected chi connectivity index (χ1v) is 6.28. The van der Waals surface area contributed by atoms with Crippen LogP contribution < -0.4 is 11.3 Å². The summed E-state index contributed by atoms with van der Waals surface area (Å²) in [5.41, 5.74) is 5.63. The predicted molar refractivity (Wildman–Crippen MR) is 76.9 cm³/mol. The zero-order valence-electron chi connectivity index (χ0n) is 10.8. The minimum Gasteiger partial charge on any atom is -0.326 e. The summed E-state index contributed by atoms with van der Waals surface area (Å²) in [6.07, 6.45) is 1.78. The van der Waals surface area contributed by atoms with E-state index in [2.05, 4.69) is 10.4 Å². The van der Waals surface area contributed by atoms with Crippen LogP contribution >= 0.6 is 0 Å². The van der Waals surface area contributed by atoms with E-state index in [1.54, 1.807) is 12.4 Å². The average molecular weight is 266 g/mol. The van der Waals surface area contributed by atoms with E-state index in [9.17, 15) is 4.79 Å². The topological polar surface area (TPSA) is 72.9 Å². The molecule has 0 aliphatic rings. The highest BCUT2D eigenvalue weighted by Crippen LogP contribution is 2.16. The first-order valence-electron chi connectivity index (χ1n) is 6.28. The second kappa shape index (κ2) is 5.14.